The number of hydrogen-bond acceptors (Lipinski definition) is 3. The van der Waals surface area contributed by atoms with E-state index in [4.69, 9.17) is 5.73 Å². The van der Waals surface area contributed by atoms with Crippen molar-refractivity contribution in [2.45, 2.75) is 27.3 Å². The second kappa shape index (κ2) is 4.43. The van der Waals surface area contributed by atoms with Gasteiger partial charge in [0.05, 0.1) is 5.69 Å². The highest BCUT2D eigenvalue weighted by Crippen LogP contribution is 2.20. The second-order valence-electron chi connectivity index (χ2n) is 4.83. The molecule has 1 aromatic rings. The van der Waals surface area contributed by atoms with E-state index in [2.05, 4.69) is 5.32 Å². The smallest absolute Gasteiger partial charge is 0.225 e. The third kappa shape index (κ3) is 3.15. The van der Waals surface area contributed by atoms with Gasteiger partial charge in [-0.3, -0.25) is 4.79 Å². The molecule has 0 saturated carbocycles. The zero-order chi connectivity index (χ0) is 12.3. The van der Waals surface area contributed by atoms with Gasteiger partial charge in [-0.15, -0.1) is 0 Å². The van der Waals surface area contributed by atoms with Crippen molar-refractivity contribution in [1.82, 2.24) is 5.32 Å². The van der Waals surface area contributed by atoms with Gasteiger partial charge in [-0.25, -0.2) is 0 Å². The minimum atomic E-state index is -0.400. The lowest BCUT2D eigenvalue weighted by atomic mass is 9.95. The highest BCUT2D eigenvalue weighted by molar-refractivity contribution is 5.81. The van der Waals surface area contributed by atoms with E-state index in [0.29, 0.717) is 12.2 Å². The summed E-state index contributed by atoms with van der Waals surface area (Å²) in [5, 5.41) is 12.0. The summed E-state index contributed by atoms with van der Waals surface area (Å²) < 4.78 is 0. The summed E-state index contributed by atoms with van der Waals surface area (Å²) >= 11 is 0. The van der Waals surface area contributed by atoms with Crippen LogP contribution < -0.4 is 11.1 Å². The maximum absolute atomic E-state index is 11.6. The lowest BCUT2D eigenvalue weighted by Crippen LogP contribution is -2.34. The van der Waals surface area contributed by atoms with Crippen LogP contribution in [0.4, 0.5) is 5.69 Å². The number of carbonyl (C=O) groups is 1. The van der Waals surface area contributed by atoms with Gasteiger partial charge in [0.1, 0.15) is 5.75 Å². The molecule has 0 aromatic heterocycles. The molecule has 0 aliphatic carbocycles. The Bertz CT molecular complexity index is 394. The monoisotopic (exact) mass is 222 g/mol. The number of anilines is 1. The molecule has 0 heterocycles. The summed E-state index contributed by atoms with van der Waals surface area (Å²) in [5.41, 5.74) is 6.34. The number of amides is 1. The van der Waals surface area contributed by atoms with Gasteiger partial charge in [0.15, 0.2) is 0 Å². The van der Waals surface area contributed by atoms with Crippen molar-refractivity contribution in [3.63, 3.8) is 0 Å². The molecule has 4 heteroatoms. The maximum atomic E-state index is 11.6. The van der Waals surface area contributed by atoms with Crippen LogP contribution in [0.15, 0.2) is 18.2 Å². The lowest BCUT2D eigenvalue weighted by Gasteiger charge is -2.17. The summed E-state index contributed by atoms with van der Waals surface area (Å²) in [6.45, 7) is 5.98. The number of nitrogens with two attached hydrogens (primary N) is 1. The molecular weight excluding hydrogens is 204 g/mol. The fourth-order valence-electron chi connectivity index (χ4n) is 1.16. The number of phenols is 1. The number of phenolic OH excluding ortho intramolecular Hbond substituents is 1. The number of aromatic hydroxyl groups is 1. The van der Waals surface area contributed by atoms with Gasteiger partial charge >= 0.3 is 0 Å². The van der Waals surface area contributed by atoms with Crippen LogP contribution >= 0.6 is 0 Å². The molecule has 0 radical (unpaired) electrons. The molecule has 0 aliphatic heterocycles. The van der Waals surface area contributed by atoms with Gasteiger partial charge in [-0.2, -0.15) is 0 Å². The topological polar surface area (TPSA) is 75.3 Å². The fraction of sp³-hybridized carbons (Fsp3) is 0.417. The van der Waals surface area contributed by atoms with Crippen molar-refractivity contribution < 1.29 is 9.90 Å². The normalized spacial score (nSPS) is 11.2. The summed E-state index contributed by atoms with van der Waals surface area (Å²) in [6, 6.07) is 4.90. The second-order valence-corrected chi connectivity index (χ2v) is 4.83. The third-order valence-electron chi connectivity index (χ3n) is 2.23. The summed E-state index contributed by atoms with van der Waals surface area (Å²) in [5.74, 6) is 0.0463. The van der Waals surface area contributed by atoms with Crippen molar-refractivity contribution in [1.29, 1.82) is 0 Å². The zero-order valence-electron chi connectivity index (χ0n) is 9.87. The Morgan fingerprint density at radius 3 is 2.56 bits per heavy atom. The van der Waals surface area contributed by atoms with E-state index in [0.717, 1.165) is 5.56 Å². The Balaban J connectivity index is 2.62. The lowest BCUT2D eigenvalue weighted by molar-refractivity contribution is -0.128. The van der Waals surface area contributed by atoms with Crippen LogP contribution in [-0.2, 0) is 11.3 Å². The minimum absolute atomic E-state index is 0.0147. The molecule has 0 bridgehead atoms. The van der Waals surface area contributed by atoms with Crippen molar-refractivity contribution in [2.75, 3.05) is 5.73 Å². The van der Waals surface area contributed by atoms with Gasteiger partial charge in [-0.1, -0.05) is 26.8 Å². The molecule has 0 saturated heterocycles. The molecule has 4 N–H and O–H groups in total. The number of nitrogens with one attached hydrogen (secondary N) is 1. The summed E-state index contributed by atoms with van der Waals surface area (Å²) in [7, 11) is 0. The first-order chi connectivity index (χ1) is 7.30. The fourth-order valence-corrected chi connectivity index (χ4v) is 1.16. The SMILES string of the molecule is CC(C)(C)C(=O)NCc1ccc(O)c(N)c1. The van der Waals surface area contributed by atoms with Crippen molar-refractivity contribution >= 4 is 11.6 Å². The van der Waals surface area contributed by atoms with E-state index in [1.807, 2.05) is 20.8 Å². The molecule has 0 atom stereocenters. The quantitative estimate of drug-likeness (QED) is 0.526. The number of rotatable bonds is 2. The number of nitrogen functional groups attached to an aromatic ring is 1. The highest BCUT2D eigenvalue weighted by Gasteiger charge is 2.20. The van der Waals surface area contributed by atoms with Crippen molar-refractivity contribution in [3.05, 3.63) is 23.8 Å². The van der Waals surface area contributed by atoms with E-state index in [9.17, 15) is 9.90 Å². The predicted molar refractivity (Wildman–Crippen MR) is 63.8 cm³/mol. The summed E-state index contributed by atoms with van der Waals surface area (Å²) in [6.07, 6.45) is 0. The van der Waals surface area contributed by atoms with Crippen LogP contribution in [0, 0.1) is 5.41 Å². The van der Waals surface area contributed by atoms with Gasteiger partial charge < -0.3 is 16.2 Å². The standard InChI is InChI=1S/C12H18N2O2/c1-12(2,3)11(16)14-7-8-4-5-10(15)9(13)6-8/h4-6,15H,7,13H2,1-3H3,(H,14,16). The first kappa shape index (κ1) is 12.4. The maximum Gasteiger partial charge on any atom is 0.225 e. The molecular formula is C12H18N2O2. The Hall–Kier alpha value is -1.71. The van der Waals surface area contributed by atoms with E-state index >= 15 is 0 Å². The molecule has 1 rings (SSSR count). The van der Waals surface area contributed by atoms with E-state index in [1.54, 1.807) is 12.1 Å². The number of carbonyl (C=O) groups excluding carboxylic acids is 1. The number of hydrogen-bond donors (Lipinski definition) is 3. The van der Waals surface area contributed by atoms with Crippen molar-refractivity contribution in [3.8, 4) is 5.75 Å². The molecule has 0 unspecified atom stereocenters. The van der Waals surface area contributed by atoms with Gasteiger partial charge in [0.25, 0.3) is 0 Å². The Morgan fingerprint density at radius 2 is 2.06 bits per heavy atom. The molecule has 0 fully saturated rings. The van der Waals surface area contributed by atoms with Gasteiger partial charge in [-0.05, 0) is 17.7 Å². The molecule has 1 aromatic carbocycles. The van der Waals surface area contributed by atoms with Gasteiger partial charge in [0.2, 0.25) is 5.91 Å². The average molecular weight is 222 g/mol. The molecule has 4 nitrogen and oxygen atoms in total. The Labute approximate surface area is 95.5 Å². The van der Waals surface area contributed by atoms with E-state index in [-0.39, 0.29) is 11.7 Å². The van der Waals surface area contributed by atoms with E-state index in [1.165, 1.54) is 6.07 Å². The highest BCUT2D eigenvalue weighted by atomic mass is 16.3. The molecule has 1 amide bonds. The molecule has 88 valence electrons. The third-order valence-corrected chi connectivity index (χ3v) is 2.23. The number of benzene rings is 1. The molecule has 0 aliphatic rings. The Kier molecular flexibility index (Phi) is 3.42. The minimum Gasteiger partial charge on any atom is -0.506 e. The predicted octanol–water partition coefficient (Wildman–Crippen LogP) is 1.64. The van der Waals surface area contributed by atoms with Crippen LogP contribution in [0.3, 0.4) is 0 Å². The van der Waals surface area contributed by atoms with E-state index < -0.39 is 5.41 Å². The van der Waals surface area contributed by atoms with Crippen LogP contribution in [0.2, 0.25) is 0 Å². The van der Waals surface area contributed by atoms with Crippen LogP contribution in [0.5, 0.6) is 5.75 Å². The average Bonchev–Trinajstić information content (AvgIpc) is 2.18. The van der Waals surface area contributed by atoms with Crippen molar-refractivity contribution in [2.24, 2.45) is 5.41 Å². The van der Waals surface area contributed by atoms with Gasteiger partial charge in [0, 0.05) is 12.0 Å². The van der Waals surface area contributed by atoms with Crippen LogP contribution in [-0.4, -0.2) is 11.0 Å². The van der Waals surface area contributed by atoms with Crippen LogP contribution in [0.25, 0.3) is 0 Å². The summed E-state index contributed by atoms with van der Waals surface area (Å²) in [4.78, 5) is 11.6. The first-order valence-electron chi connectivity index (χ1n) is 5.16. The Morgan fingerprint density at radius 1 is 1.44 bits per heavy atom. The largest absolute Gasteiger partial charge is 0.506 e. The first-order valence-corrected chi connectivity index (χ1v) is 5.16. The zero-order valence-corrected chi connectivity index (χ0v) is 9.87. The molecule has 0 spiro atoms. The molecule has 16 heavy (non-hydrogen) atoms. The van der Waals surface area contributed by atoms with Crippen LogP contribution in [0.1, 0.15) is 26.3 Å².